The SMILES string of the molecule is CCCCCCCCCCCCCCCCCN(C)C.NCC(=O)O. The van der Waals surface area contributed by atoms with E-state index in [-0.39, 0.29) is 6.54 Å². The third-order valence-electron chi connectivity index (χ3n) is 4.38. The number of aliphatic carboxylic acids is 1. The first kappa shape index (κ1) is 26.6. The molecule has 0 amide bonds. The van der Waals surface area contributed by atoms with Gasteiger partial charge in [-0.2, -0.15) is 0 Å². The minimum atomic E-state index is -0.968. The number of hydrogen-bond acceptors (Lipinski definition) is 3. The molecule has 0 aromatic rings. The Labute approximate surface area is 157 Å². The molecule has 3 N–H and O–H groups in total. The molecule has 0 saturated heterocycles. The third kappa shape index (κ3) is 31.6. The molecular formula is C21H46N2O2. The lowest BCUT2D eigenvalue weighted by atomic mass is 10.0. The highest BCUT2D eigenvalue weighted by Gasteiger charge is 1.94. The topological polar surface area (TPSA) is 66.6 Å². The summed E-state index contributed by atoms with van der Waals surface area (Å²) in [6.45, 7) is 3.28. The summed E-state index contributed by atoms with van der Waals surface area (Å²) in [5.74, 6) is -0.968. The summed E-state index contributed by atoms with van der Waals surface area (Å²) in [6.07, 6.45) is 21.8. The highest BCUT2D eigenvalue weighted by Crippen LogP contribution is 2.13. The van der Waals surface area contributed by atoms with Gasteiger partial charge in [0.2, 0.25) is 0 Å². The van der Waals surface area contributed by atoms with Crippen molar-refractivity contribution in [2.45, 2.75) is 103 Å². The molecule has 0 heterocycles. The van der Waals surface area contributed by atoms with Crippen LogP contribution < -0.4 is 5.73 Å². The van der Waals surface area contributed by atoms with E-state index in [0.717, 1.165) is 0 Å². The Balaban J connectivity index is 0. The normalized spacial score (nSPS) is 10.6. The number of carbonyl (C=O) groups is 1. The van der Waals surface area contributed by atoms with Gasteiger partial charge in [-0.15, -0.1) is 0 Å². The first-order valence-corrected chi connectivity index (χ1v) is 10.6. The van der Waals surface area contributed by atoms with Crippen molar-refractivity contribution in [2.75, 3.05) is 27.2 Å². The van der Waals surface area contributed by atoms with Gasteiger partial charge in [0.1, 0.15) is 0 Å². The summed E-state index contributed by atoms with van der Waals surface area (Å²) in [5, 5.41) is 7.60. The van der Waals surface area contributed by atoms with E-state index in [1.165, 1.54) is 103 Å². The molecule has 0 fully saturated rings. The van der Waals surface area contributed by atoms with Gasteiger partial charge < -0.3 is 15.7 Å². The Bertz CT molecular complexity index is 258. The number of hydrogen-bond donors (Lipinski definition) is 2. The zero-order valence-corrected chi connectivity index (χ0v) is 17.4. The molecule has 4 nitrogen and oxygen atoms in total. The van der Waals surface area contributed by atoms with Crippen LogP contribution in [0.2, 0.25) is 0 Å². The highest BCUT2D eigenvalue weighted by atomic mass is 16.4. The average Bonchev–Trinajstić information content (AvgIpc) is 2.58. The summed E-state index contributed by atoms with van der Waals surface area (Å²) in [6, 6.07) is 0. The van der Waals surface area contributed by atoms with Gasteiger partial charge >= 0.3 is 5.97 Å². The molecule has 0 aromatic heterocycles. The molecule has 4 heteroatoms. The monoisotopic (exact) mass is 358 g/mol. The zero-order valence-electron chi connectivity index (χ0n) is 17.4. The Morgan fingerprint density at radius 2 is 1.00 bits per heavy atom. The van der Waals surface area contributed by atoms with Gasteiger partial charge in [0.15, 0.2) is 0 Å². The van der Waals surface area contributed by atoms with Crippen LogP contribution in [0.1, 0.15) is 103 Å². The van der Waals surface area contributed by atoms with Gasteiger partial charge in [-0.25, -0.2) is 0 Å². The molecule has 0 unspecified atom stereocenters. The molecule has 0 rings (SSSR count). The molecule has 0 aliphatic carbocycles. The van der Waals surface area contributed by atoms with E-state index in [9.17, 15) is 4.79 Å². The maximum absolute atomic E-state index is 9.24. The van der Waals surface area contributed by atoms with Crippen LogP contribution in [0.25, 0.3) is 0 Å². The summed E-state index contributed by atoms with van der Waals surface area (Å²) in [7, 11) is 4.34. The van der Waals surface area contributed by atoms with Crippen molar-refractivity contribution in [1.82, 2.24) is 4.90 Å². The quantitative estimate of drug-likeness (QED) is 0.339. The first-order chi connectivity index (χ1) is 12.0. The van der Waals surface area contributed by atoms with Gasteiger partial charge in [-0.1, -0.05) is 96.8 Å². The number of unbranched alkanes of at least 4 members (excludes halogenated alkanes) is 14. The predicted molar refractivity (Wildman–Crippen MR) is 110 cm³/mol. The zero-order chi connectivity index (χ0) is 19.2. The molecule has 25 heavy (non-hydrogen) atoms. The second-order valence-electron chi connectivity index (χ2n) is 7.35. The molecule has 152 valence electrons. The lowest BCUT2D eigenvalue weighted by Crippen LogP contribution is -2.12. The summed E-state index contributed by atoms with van der Waals surface area (Å²) in [4.78, 5) is 11.5. The minimum absolute atomic E-state index is 0.278. The standard InChI is InChI=1S/C19H41N.C2H5NO2/c1-4-5-6-7-8-9-10-11-12-13-14-15-16-17-18-19-20(2)3;3-1-2(4)5/h4-19H2,1-3H3;1,3H2,(H,4,5). The fourth-order valence-corrected chi connectivity index (χ4v) is 2.80. The van der Waals surface area contributed by atoms with Crippen LogP contribution in [0.3, 0.4) is 0 Å². The fourth-order valence-electron chi connectivity index (χ4n) is 2.80. The van der Waals surface area contributed by atoms with E-state index in [1.807, 2.05) is 0 Å². The molecule has 0 aliphatic heterocycles. The highest BCUT2D eigenvalue weighted by molar-refractivity contribution is 5.68. The van der Waals surface area contributed by atoms with Crippen LogP contribution >= 0.6 is 0 Å². The van der Waals surface area contributed by atoms with Crippen molar-refractivity contribution in [3.05, 3.63) is 0 Å². The number of carboxylic acid groups (broad SMARTS) is 1. The number of nitrogens with two attached hydrogens (primary N) is 1. The van der Waals surface area contributed by atoms with Gasteiger partial charge in [0.25, 0.3) is 0 Å². The number of nitrogens with zero attached hydrogens (tertiary/aromatic N) is 1. The molecule has 0 bridgehead atoms. The van der Waals surface area contributed by atoms with Crippen LogP contribution in [-0.4, -0.2) is 43.2 Å². The maximum atomic E-state index is 9.24. The van der Waals surface area contributed by atoms with Crippen molar-refractivity contribution < 1.29 is 9.90 Å². The molecule has 0 atom stereocenters. The summed E-state index contributed by atoms with van der Waals surface area (Å²) < 4.78 is 0. The average molecular weight is 359 g/mol. The summed E-state index contributed by atoms with van der Waals surface area (Å²) in [5.41, 5.74) is 4.57. The predicted octanol–water partition coefficient (Wildman–Crippen LogP) is 5.45. The molecule has 0 saturated carbocycles. The third-order valence-corrected chi connectivity index (χ3v) is 4.38. The molecule has 0 aliphatic rings. The lowest BCUT2D eigenvalue weighted by Gasteiger charge is -2.08. The van der Waals surface area contributed by atoms with Crippen molar-refractivity contribution in [1.29, 1.82) is 0 Å². The van der Waals surface area contributed by atoms with E-state index in [1.54, 1.807) is 0 Å². The fraction of sp³-hybridized carbons (Fsp3) is 0.952. The van der Waals surface area contributed by atoms with Crippen molar-refractivity contribution in [2.24, 2.45) is 5.73 Å². The van der Waals surface area contributed by atoms with Crippen molar-refractivity contribution >= 4 is 5.97 Å². The van der Waals surface area contributed by atoms with Crippen LogP contribution in [0.5, 0.6) is 0 Å². The molecule has 0 radical (unpaired) electrons. The van der Waals surface area contributed by atoms with E-state index < -0.39 is 5.97 Å². The second-order valence-corrected chi connectivity index (χ2v) is 7.35. The van der Waals surface area contributed by atoms with Crippen molar-refractivity contribution in [3.8, 4) is 0 Å². The summed E-state index contributed by atoms with van der Waals surface area (Å²) >= 11 is 0. The van der Waals surface area contributed by atoms with Crippen LogP contribution in [0, 0.1) is 0 Å². The molecule has 0 aromatic carbocycles. The van der Waals surface area contributed by atoms with Crippen LogP contribution in [-0.2, 0) is 4.79 Å². The largest absolute Gasteiger partial charge is 0.480 e. The minimum Gasteiger partial charge on any atom is -0.480 e. The molecular weight excluding hydrogens is 312 g/mol. The van der Waals surface area contributed by atoms with E-state index in [0.29, 0.717) is 0 Å². The maximum Gasteiger partial charge on any atom is 0.317 e. The number of rotatable bonds is 17. The lowest BCUT2D eigenvalue weighted by molar-refractivity contribution is -0.135. The van der Waals surface area contributed by atoms with Gasteiger partial charge in [-0.05, 0) is 27.1 Å². The van der Waals surface area contributed by atoms with Crippen molar-refractivity contribution in [3.63, 3.8) is 0 Å². The van der Waals surface area contributed by atoms with Crippen LogP contribution in [0.15, 0.2) is 0 Å². The Kier molecular flexibility index (Phi) is 24.9. The second kappa shape index (κ2) is 23.4. The molecule has 0 spiro atoms. The Morgan fingerprint density at radius 1 is 0.720 bits per heavy atom. The van der Waals surface area contributed by atoms with E-state index >= 15 is 0 Å². The van der Waals surface area contributed by atoms with Gasteiger partial charge in [0, 0.05) is 0 Å². The van der Waals surface area contributed by atoms with Gasteiger partial charge in [-0.3, -0.25) is 4.79 Å². The van der Waals surface area contributed by atoms with Crippen LogP contribution in [0.4, 0.5) is 0 Å². The van der Waals surface area contributed by atoms with E-state index in [4.69, 9.17) is 5.11 Å². The smallest absolute Gasteiger partial charge is 0.317 e. The number of carboxylic acids is 1. The Hall–Kier alpha value is -0.610. The Morgan fingerprint density at radius 3 is 1.24 bits per heavy atom. The van der Waals surface area contributed by atoms with E-state index in [2.05, 4.69) is 31.7 Å². The first-order valence-electron chi connectivity index (χ1n) is 10.6. The van der Waals surface area contributed by atoms with Gasteiger partial charge in [0.05, 0.1) is 6.54 Å².